The van der Waals surface area contributed by atoms with E-state index in [9.17, 15) is 5.11 Å². The van der Waals surface area contributed by atoms with Gasteiger partial charge in [-0.3, -0.25) is 0 Å². The SMILES string of the molecule is CC(C)(C)c1cc(Br)cc(ONc2ccc(C=P)cc2Cl)c1O. The van der Waals surface area contributed by atoms with Crippen LogP contribution in [0.1, 0.15) is 31.9 Å². The van der Waals surface area contributed by atoms with Crippen molar-refractivity contribution in [1.82, 2.24) is 0 Å². The van der Waals surface area contributed by atoms with Gasteiger partial charge in [0.05, 0.1) is 10.7 Å². The van der Waals surface area contributed by atoms with Crippen LogP contribution in [-0.4, -0.2) is 10.9 Å². The van der Waals surface area contributed by atoms with Gasteiger partial charge in [-0.15, -0.1) is 8.86 Å². The Morgan fingerprint density at radius 2 is 1.96 bits per heavy atom. The van der Waals surface area contributed by atoms with Crippen molar-refractivity contribution in [2.45, 2.75) is 26.2 Å². The molecule has 0 spiro atoms. The van der Waals surface area contributed by atoms with Gasteiger partial charge in [0, 0.05) is 16.1 Å². The van der Waals surface area contributed by atoms with Gasteiger partial charge in [-0.1, -0.05) is 54.4 Å². The van der Waals surface area contributed by atoms with Gasteiger partial charge in [-0.05, 0) is 35.0 Å². The van der Waals surface area contributed by atoms with Crippen LogP contribution in [0.3, 0.4) is 0 Å². The normalized spacial score (nSPS) is 11.2. The Bertz CT molecular complexity index is 744. The Morgan fingerprint density at radius 3 is 2.52 bits per heavy atom. The van der Waals surface area contributed by atoms with E-state index in [4.69, 9.17) is 16.4 Å². The van der Waals surface area contributed by atoms with Gasteiger partial charge in [-0.25, -0.2) is 5.48 Å². The molecule has 2 aromatic rings. The highest BCUT2D eigenvalue weighted by Crippen LogP contribution is 2.40. The predicted octanol–water partition coefficient (Wildman–Crippen LogP) is 5.80. The number of phenolic OH excluding ortho intramolecular Hbond substituents is 1. The zero-order valence-electron chi connectivity index (χ0n) is 13.1. The van der Waals surface area contributed by atoms with Gasteiger partial charge in [-0.2, -0.15) is 0 Å². The topological polar surface area (TPSA) is 41.5 Å². The third-order valence-corrected chi connectivity index (χ3v) is 4.38. The second-order valence-corrected chi connectivity index (χ2v) is 7.75. The number of aromatic hydroxyl groups is 1. The molecule has 0 bridgehead atoms. The van der Waals surface area contributed by atoms with Crippen molar-refractivity contribution in [3.8, 4) is 11.5 Å². The first-order valence-corrected chi connectivity index (χ1v) is 8.73. The molecule has 0 unspecified atom stereocenters. The van der Waals surface area contributed by atoms with Crippen LogP contribution in [0.15, 0.2) is 34.8 Å². The lowest BCUT2D eigenvalue weighted by molar-refractivity contribution is 0.359. The van der Waals surface area contributed by atoms with Crippen molar-refractivity contribution >= 4 is 47.9 Å². The molecule has 0 atom stereocenters. The molecule has 23 heavy (non-hydrogen) atoms. The molecule has 0 radical (unpaired) electrons. The largest absolute Gasteiger partial charge is 0.504 e. The molecule has 0 saturated carbocycles. The molecule has 122 valence electrons. The molecular formula is C17H18BrClNO2P. The number of anilines is 1. The second kappa shape index (κ2) is 7.12. The van der Waals surface area contributed by atoms with Crippen LogP contribution in [0.25, 0.3) is 0 Å². The first kappa shape index (κ1) is 18.1. The van der Waals surface area contributed by atoms with Gasteiger partial charge in [0.15, 0.2) is 11.5 Å². The fourth-order valence-corrected chi connectivity index (χ4v) is 2.88. The smallest absolute Gasteiger partial charge is 0.198 e. The summed E-state index contributed by atoms with van der Waals surface area (Å²) in [7, 11) is 3.31. The van der Waals surface area contributed by atoms with E-state index in [1.54, 1.807) is 24.0 Å². The third kappa shape index (κ3) is 4.41. The molecule has 0 aliphatic rings. The number of hydrogen-bond donors (Lipinski definition) is 2. The highest BCUT2D eigenvalue weighted by molar-refractivity contribution is 9.10. The lowest BCUT2D eigenvalue weighted by Gasteiger charge is -2.22. The predicted molar refractivity (Wildman–Crippen MR) is 104 cm³/mol. The Balaban J connectivity index is 2.27. The van der Waals surface area contributed by atoms with Crippen LogP contribution in [0, 0.1) is 0 Å². The van der Waals surface area contributed by atoms with E-state index in [0.717, 1.165) is 15.6 Å². The highest BCUT2D eigenvalue weighted by atomic mass is 79.9. The first-order chi connectivity index (χ1) is 10.7. The minimum Gasteiger partial charge on any atom is -0.504 e. The number of halogens is 2. The third-order valence-electron chi connectivity index (χ3n) is 3.28. The molecular weight excluding hydrogens is 397 g/mol. The first-order valence-electron chi connectivity index (χ1n) is 6.98. The number of hydrogen-bond acceptors (Lipinski definition) is 3. The van der Waals surface area contributed by atoms with Crippen LogP contribution >= 0.6 is 36.4 Å². The summed E-state index contributed by atoms with van der Waals surface area (Å²) in [6, 6.07) is 9.06. The summed E-state index contributed by atoms with van der Waals surface area (Å²) >= 11 is 9.64. The maximum atomic E-state index is 10.4. The fraction of sp³-hybridized carbons (Fsp3) is 0.235. The standard InChI is InChI=1S/C17H18BrClNO2P/c1-17(2,3)12-7-11(18)8-15(16(12)21)22-20-14-5-4-10(9-23)6-13(14)19/h4-9,20-21,23H,1-3H3. The molecule has 0 aliphatic heterocycles. The Hall–Kier alpha value is -1.22. The van der Waals surface area contributed by atoms with Crippen molar-refractivity contribution < 1.29 is 9.94 Å². The van der Waals surface area contributed by atoms with Crippen LogP contribution in [0.2, 0.25) is 5.02 Å². The maximum Gasteiger partial charge on any atom is 0.198 e. The average molecular weight is 415 g/mol. The van der Waals surface area contributed by atoms with Gasteiger partial charge in [0.2, 0.25) is 0 Å². The van der Waals surface area contributed by atoms with Gasteiger partial charge in [0.25, 0.3) is 0 Å². The van der Waals surface area contributed by atoms with Gasteiger partial charge < -0.3 is 9.94 Å². The number of benzene rings is 2. The minimum absolute atomic E-state index is 0.106. The van der Waals surface area contributed by atoms with E-state index in [2.05, 4.69) is 30.3 Å². The molecule has 0 saturated heterocycles. The lowest BCUT2D eigenvalue weighted by atomic mass is 9.86. The van der Waals surface area contributed by atoms with Crippen LogP contribution < -0.4 is 10.3 Å². The molecule has 3 nitrogen and oxygen atoms in total. The zero-order valence-corrected chi connectivity index (χ0v) is 16.4. The summed E-state index contributed by atoms with van der Waals surface area (Å²) in [5.41, 5.74) is 4.92. The summed E-state index contributed by atoms with van der Waals surface area (Å²) in [6.07, 6.45) is 0. The van der Waals surface area contributed by atoms with Crippen molar-refractivity contribution in [2.75, 3.05) is 5.48 Å². The maximum absolute atomic E-state index is 10.4. The van der Waals surface area contributed by atoms with E-state index >= 15 is 0 Å². The summed E-state index contributed by atoms with van der Waals surface area (Å²) in [4.78, 5) is 5.56. The lowest BCUT2D eigenvalue weighted by Crippen LogP contribution is -2.13. The van der Waals surface area contributed by atoms with Crippen molar-refractivity contribution in [1.29, 1.82) is 0 Å². The van der Waals surface area contributed by atoms with E-state index in [-0.39, 0.29) is 11.2 Å². The van der Waals surface area contributed by atoms with E-state index < -0.39 is 0 Å². The van der Waals surface area contributed by atoms with Crippen molar-refractivity contribution in [2.24, 2.45) is 0 Å². The van der Waals surface area contributed by atoms with Crippen molar-refractivity contribution in [3.63, 3.8) is 0 Å². The highest BCUT2D eigenvalue weighted by Gasteiger charge is 2.22. The van der Waals surface area contributed by atoms with E-state index in [1.165, 1.54) is 0 Å². The second-order valence-electron chi connectivity index (χ2n) is 6.14. The minimum atomic E-state index is -0.212. The van der Waals surface area contributed by atoms with E-state index in [1.807, 2.05) is 32.9 Å². The molecule has 0 fully saturated rings. The van der Waals surface area contributed by atoms with Crippen LogP contribution in [0.5, 0.6) is 11.5 Å². The summed E-state index contributed by atoms with van der Waals surface area (Å²) in [5.74, 6) is 2.21. The van der Waals surface area contributed by atoms with E-state index in [0.29, 0.717) is 16.5 Å². The number of phenols is 1. The molecule has 0 amide bonds. The Morgan fingerprint density at radius 1 is 1.26 bits per heavy atom. The van der Waals surface area contributed by atoms with Gasteiger partial charge >= 0.3 is 0 Å². The summed E-state index contributed by atoms with van der Waals surface area (Å²) in [5, 5.41) is 11.0. The molecule has 0 aromatic heterocycles. The average Bonchev–Trinajstić information content (AvgIpc) is 2.47. The quantitative estimate of drug-likeness (QED) is 0.490. The molecule has 6 heteroatoms. The van der Waals surface area contributed by atoms with Crippen LogP contribution in [0.4, 0.5) is 5.69 Å². The molecule has 2 aromatic carbocycles. The molecule has 0 aliphatic carbocycles. The summed E-state index contributed by atoms with van der Waals surface area (Å²) < 4.78 is 0.826. The van der Waals surface area contributed by atoms with Crippen molar-refractivity contribution in [3.05, 3.63) is 51.0 Å². The fourth-order valence-electron chi connectivity index (χ4n) is 2.04. The molecule has 2 N–H and O–H groups in total. The Kier molecular flexibility index (Phi) is 5.61. The number of nitrogens with one attached hydrogen (secondary N) is 1. The van der Waals surface area contributed by atoms with Crippen LogP contribution in [-0.2, 0) is 5.41 Å². The van der Waals surface area contributed by atoms with Gasteiger partial charge in [0.1, 0.15) is 0 Å². The monoisotopic (exact) mass is 413 g/mol. The summed E-state index contributed by atoms with van der Waals surface area (Å²) in [6.45, 7) is 6.08. The zero-order chi connectivity index (χ0) is 17.2. The Labute approximate surface area is 151 Å². The number of rotatable bonds is 4. The molecule has 2 rings (SSSR count). The molecule has 0 heterocycles.